The van der Waals surface area contributed by atoms with E-state index in [1.54, 1.807) is 13.0 Å². The molecule has 0 aliphatic carbocycles. The van der Waals surface area contributed by atoms with E-state index in [2.05, 4.69) is 4.72 Å². The third-order valence-electron chi connectivity index (χ3n) is 1.83. The van der Waals surface area contributed by atoms with Gasteiger partial charge in [-0.2, -0.15) is 5.26 Å². The summed E-state index contributed by atoms with van der Waals surface area (Å²) in [5, 5.41) is 17.6. The number of nitrogens with zero attached hydrogens (tertiary/aromatic N) is 1. The van der Waals surface area contributed by atoms with Crippen LogP contribution in [0.4, 0.5) is 5.69 Å². The zero-order valence-electron chi connectivity index (χ0n) is 8.06. The molecule has 1 aromatic carbocycles. The molecule has 0 saturated carbocycles. The number of sulfonamides is 1. The number of phenolic OH excluding ortho intramolecular Hbond substituents is 1. The number of nitrogens with one attached hydrogen (secondary N) is 1. The fourth-order valence-corrected chi connectivity index (χ4v) is 1.82. The van der Waals surface area contributed by atoms with Crippen molar-refractivity contribution in [3.05, 3.63) is 23.8 Å². The van der Waals surface area contributed by atoms with E-state index < -0.39 is 15.8 Å². The Labute approximate surface area is 88.0 Å². The Hall–Kier alpha value is -1.74. The van der Waals surface area contributed by atoms with Crippen molar-refractivity contribution in [1.82, 2.24) is 0 Å². The van der Waals surface area contributed by atoms with Crippen LogP contribution in [0.3, 0.4) is 0 Å². The molecule has 0 unspecified atom stereocenters. The molecule has 0 saturated heterocycles. The second-order valence-corrected chi connectivity index (χ2v) is 4.69. The number of hydrogen-bond acceptors (Lipinski definition) is 4. The van der Waals surface area contributed by atoms with Crippen LogP contribution in [0.1, 0.15) is 5.56 Å². The SMILES string of the molecule is Cc1c(O)cccc1NS(=O)(=O)CC#N. The molecular formula is C9H10N2O3S. The van der Waals surface area contributed by atoms with Crippen molar-refractivity contribution in [3.63, 3.8) is 0 Å². The van der Waals surface area contributed by atoms with Gasteiger partial charge in [-0.15, -0.1) is 0 Å². The van der Waals surface area contributed by atoms with E-state index in [0.717, 1.165) is 0 Å². The molecule has 0 aliphatic heterocycles. The first kappa shape index (κ1) is 11.3. The van der Waals surface area contributed by atoms with E-state index in [1.807, 2.05) is 0 Å². The molecular weight excluding hydrogens is 216 g/mol. The number of benzene rings is 1. The van der Waals surface area contributed by atoms with E-state index in [-0.39, 0.29) is 11.4 Å². The molecule has 0 atom stereocenters. The molecule has 1 rings (SSSR count). The van der Waals surface area contributed by atoms with Crippen LogP contribution >= 0.6 is 0 Å². The quantitative estimate of drug-likeness (QED) is 0.803. The third-order valence-corrected chi connectivity index (χ3v) is 2.87. The molecule has 0 amide bonds. The standard InChI is InChI=1S/C9H10N2O3S/c1-7-8(3-2-4-9(7)12)11-15(13,14)6-5-10/h2-4,11-12H,6H2,1H3. The summed E-state index contributed by atoms with van der Waals surface area (Å²) in [6.45, 7) is 1.58. The Morgan fingerprint density at radius 3 is 2.80 bits per heavy atom. The summed E-state index contributed by atoms with van der Waals surface area (Å²) in [6, 6.07) is 6.04. The number of rotatable bonds is 3. The molecule has 6 heteroatoms. The molecule has 80 valence electrons. The van der Waals surface area contributed by atoms with Crippen LogP contribution in [0.5, 0.6) is 5.75 Å². The number of phenols is 1. The van der Waals surface area contributed by atoms with Crippen molar-refractivity contribution in [3.8, 4) is 11.8 Å². The molecule has 0 bridgehead atoms. The Bertz CT molecular complexity index is 503. The van der Waals surface area contributed by atoms with E-state index >= 15 is 0 Å². The smallest absolute Gasteiger partial charge is 0.246 e. The van der Waals surface area contributed by atoms with Crippen LogP contribution in [-0.2, 0) is 10.0 Å². The van der Waals surface area contributed by atoms with Gasteiger partial charge >= 0.3 is 0 Å². The first-order chi connectivity index (χ1) is 6.96. The number of hydrogen-bond donors (Lipinski definition) is 2. The van der Waals surface area contributed by atoms with Gasteiger partial charge < -0.3 is 5.11 Å². The highest BCUT2D eigenvalue weighted by Gasteiger charge is 2.11. The van der Waals surface area contributed by atoms with Crippen molar-refractivity contribution in [2.45, 2.75) is 6.92 Å². The van der Waals surface area contributed by atoms with E-state index in [0.29, 0.717) is 5.56 Å². The second kappa shape index (κ2) is 4.19. The van der Waals surface area contributed by atoms with Crippen molar-refractivity contribution >= 4 is 15.7 Å². The maximum atomic E-state index is 11.2. The Morgan fingerprint density at radius 1 is 1.53 bits per heavy atom. The van der Waals surface area contributed by atoms with Crippen LogP contribution in [0, 0.1) is 18.3 Å². The van der Waals surface area contributed by atoms with Crippen LogP contribution in [0.25, 0.3) is 0 Å². The minimum absolute atomic E-state index is 0.00663. The predicted octanol–water partition coefficient (Wildman–Crippen LogP) is 0.966. The minimum Gasteiger partial charge on any atom is -0.508 e. The number of anilines is 1. The maximum Gasteiger partial charge on any atom is 0.246 e. The lowest BCUT2D eigenvalue weighted by Crippen LogP contribution is -2.16. The van der Waals surface area contributed by atoms with Crippen molar-refractivity contribution < 1.29 is 13.5 Å². The summed E-state index contributed by atoms with van der Waals surface area (Å²) in [5.41, 5.74) is 0.712. The van der Waals surface area contributed by atoms with Gasteiger partial charge in [0.1, 0.15) is 5.75 Å². The molecule has 15 heavy (non-hydrogen) atoms. The highest BCUT2D eigenvalue weighted by atomic mass is 32.2. The lowest BCUT2D eigenvalue weighted by atomic mass is 10.2. The minimum atomic E-state index is -3.65. The second-order valence-electron chi connectivity index (χ2n) is 2.97. The first-order valence-corrected chi connectivity index (χ1v) is 5.77. The molecule has 0 radical (unpaired) electrons. The zero-order chi connectivity index (χ0) is 11.5. The van der Waals surface area contributed by atoms with Crippen LogP contribution in [-0.4, -0.2) is 19.3 Å². The van der Waals surface area contributed by atoms with Crippen molar-refractivity contribution in [2.75, 3.05) is 10.5 Å². The summed E-state index contributed by atoms with van der Waals surface area (Å²) >= 11 is 0. The molecule has 0 aromatic heterocycles. The Morgan fingerprint density at radius 2 is 2.20 bits per heavy atom. The van der Waals surface area contributed by atoms with Gasteiger partial charge in [0.2, 0.25) is 10.0 Å². The number of aromatic hydroxyl groups is 1. The maximum absolute atomic E-state index is 11.2. The third kappa shape index (κ3) is 2.86. The van der Waals surface area contributed by atoms with Gasteiger partial charge in [0, 0.05) is 5.56 Å². The van der Waals surface area contributed by atoms with E-state index in [9.17, 15) is 13.5 Å². The highest BCUT2D eigenvalue weighted by molar-refractivity contribution is 7.92. The van der Waals surface area contributed by atoms with Gasteiger partial charge in [-0.05, 0) is 19.1 Å². The van der Waals surface area contributed by atoms with Crippen LogP contribution in [0.15, 0.2) is 18.2 Å². The zero-order valence-corrected chi connectivity index (χ0v) is 8.87. The summed E-state index contributed by atoms with van der Waals surface area (Å²) in [7, 11) is -3.65. The molecule has 1 aromatic rings. The molecule has 0 aliphatic rings. The summed E-state index contributed by atoms with van der Waals surface area (Å²) in [6.07, 6.45) is 0. The van der Waals surface area contributed by atoms with E-state index in [4.69, 9.17) is 5.26 Å². The van der Waals surface area contributed by atoms with Gasteiger partial charge in [0.05, 0.1) is 11.8 Å². The predicted molar refractivity (Wildman–Crippen MR) is 55.9 cm³/mol. The lowest BCUT2D eigenvalue weighted by molar-refractivity contribution is 0.471. The fourth-order valence-electron chi connectivity index (χ4n) is 1.02. The van der Waals surface area contributed by atoms with Crippen LogP contribution < -0.4 is 4.72 Å². The van der Waals surface area contributed by atoms with Crippen LogP contribution in [0.2, 0.25) is 0 Å². The largest absolute Gasteiger partial charge is 0.508 e. The summed E-state index contributed by atoms with van der Waals surface area (Å²) < 4.78 is 24.7. The molecule has 0 heterocycles. The lowest BCUT2D eigenvalue weighted by Gasteiger charge is -2.08. The average molecular weight is 226 g/mol. The molecule has 5 nitrogen and oxygen atoms in total. The van der Waals surface area contributed by atoms with Crippen molar-refractivity contribution in [2.24, 2.45) is 0 Å². The summed E-state index contributed by atoms with van der Waals surface area (Å²) in [5.74, 6) is -0.602. The average Bonchev–Trinajstić information content (AvgIpc) is 2.12. The molecule has 0 fully saturated rings. The fraction of sp³-hybridized carbons (Fsp3) is 0.222. The highest BCUT2D eigenvalue weighted by Crippen LogP contribution is 2.24. The van der Waals surface area contributed by atoms with Gasteiger partial charge in [-0.3, -0.25) is 4.72 Å². The first-order valence-electron chi connectivity index (χ1n) is 4.12. The topological polar surface area (TPSA) is 90.2 Å². The Balaban J connectivity index is 3.02. The van der Waals surface area contributed by atoms with Gasteiger partial charge in [0.15, 0.2) is 5.75 Å². The normalized spacial score (nSPS) is 10.7. The summed E-state index contributed by atoms with van der Waals surface area (Å²) in [4.78, 5) is 0. The Kier molecular flexibility index (Phi) is 3.17. The van der Waals surface area contributed by atoms with Gasteiger partial charge in [-0.1, -0.05) is 6.07 Å². The van der Waals surface area contributed by atoms with Gasteiger partial charge in [0.25, 0.3) is 0 Å². The van der Waals surface area contributed by atoms with E-state index in [1.165, 1.54) is 18.2 Å². The number of nitriles is 1. The van der Waals surface area contributed by atoms with Gasteiger partial charge in [-0.25, -0.2) is 8.42 Å². The molecule has 2 N–H and O–H groups in total. The molecule has 0 spiro atoms. The van der Waals surface area contributed by atoms with Crippen molar-refractivity contribution in [1.29, 1.82) is 5.26 Å². The monoisotopic (exact) mass is 226 g/mol.